The van der Waals surface area contributed by atoms with Crippen molar-refractivity contribution in [1.82, 2.24) is 10.3 Å². The molecule has 0 bridgehead atoms. The van der Waals surface area contributed by atoms with Gasteiger partial charge >= 0.3 is 0 Å². The second-order valence-electron chi connectivity index (χ2n) is 4.57. The van der Waals surface area contributed by atoms with Crippen LogP contribution in [0.5, 0.6) is 0 Å². The molecule has 0 unspecified atom stereocenters. The van der Waals surface area contributed by atoms with Crippen LogP contribution in [0.3, 0.4) is 0 Å². The van der Waals surface area contributed by atoms with Gasteiger partial charge in [0.1, 0.15) is 5.69 Å². The van der Waals surface area contributed by atoms with Gasteiger partial charge < -0.3 is 10.3 Å². The highest BCUT2D eigenvalue weighted by molar-refractivity contribution is 6.02. The Balaban J connectivity index is 2.26. The lowest BCUT2D eigenvalue weighted by atomic mass is 10.0. The summed E-state index contributed by atoms with van der Waals surface area (Å²) in [6.07, 6.45) is 3.10. The molecule has 2 N–H and O–H groups in total. The van der Waals surface area contributed by atoms with E-state index in [9.17, 15) is 4.79 Å². The summed E-state index contributed by atoms with van der Waals surface area (Å²) in [5.74, 6) is 0.0323. The molecule has 0 spiro atoms. The van der Waals surface area contributed by atoms with Gasteiger partial charge in [-0.3, -0.25) is 4.79 Å². The van der Waals surface area contributed by atoms with Crippen LogP contribution in [0.2, 0.25) is 0 Å². The first-order valence-electron chi connectivity index (χ1n) is 6.22. The molecule has 1 aliphatic rings. The van der Waals surface area contributed by atoms with E-state index in [1.54, 1.807) is 0 Å². The van der Waals surface area contributed by atoms with Crippen molar-refractivity contribution in [3.8, 4) is 0 Å². The van der Waals surface area contributed by atoms with E-state index in [1.165, 1.54) is 16.5 Å². The van der Waals surface area contributed by atoms with Crippen molar-refractivity contribution in [2.75, 3.05) is 6.54 Å². The monoisotopic (exact) mass is 228 g/mol. The van der Waals surface area contributed by atoms with Gasteiger partial charge in [-0.05, 0) is 24.0 Å². The number of aromatic nitrogens is 1. The first-order chi connectivity index (χ1) is 8.31. The van der Waals surface area contributed by atoms with Crippen LogP contribution in [0.15, 0.2) is 18.2 Å². The summed E-state index contributed by atoms with van der Waals surface area (Å²) in [5.41, 5.74) is 4.40. The molecular weight excluding hydrogens is 212 g/mol. The third-order valence-electron chi connectivity index (χ3n) is 3.43. The van der Waals surface area contributed by atoms with Gasteiger partial charge in [-0.2, -0.15) is 0 Å². The Morgan fingerprint density at radius 2 is 2.24 bits per heavy atom. The molecule has 0 saturated carbocycles. The second-order valence-corrected chi connectivity index (χ2v) is 4.57. The molecule has 0 radical (unpaired) electrons. The summed E-state index contributed by atoms with van der Waals surface area (Å²) < 4.78 is 0. The van der Waals surface area contributed by atoms with Crippen LogP contribution < -0.4 is 5.32 Å². The van der Waals surface area contributed by atoms with E-state index in [4.69, 9.17) is 0 Å². The molecule has 2 heterocycles. The minimum absolute atomic E-state index is 0.0323. The van der Waals surface area contributed by atoms with Gasteiger partial charge in [0.2, 0.25) is 0 Å². The first-order valence-corrected chi connectivity index (χ1v) is 6.22. The van der Waals surface area contributed by atoms with Gasteiger partial charge in [-0.25, -0.2) is 0 Å². The van der Waals surface area contributed by atoms with Crippen molar-refractivity contribution in [2.45, 2.75) is 26.2 Å². The Labute approximate surface area is 100 Å². The smallest absolute Gasteiger partial charge is 0.268 e. The van der Waals surface area contributed by atoms with Crippen LogP contribution in [0.4, 0.5) is 0 Å². The molecule has 0 aliphatic carbocycles. The van der Waals surface area contributed by atoms with Crippen LogP contribution in [-0.2, 0) is 12.8 Å². The quantitative estimate of drug-likeness (QED) is 0.814. The highest BCUT2D eigenvalue weighted by Gasteiger charge is 2.22. The maximum absolute atomic E-state index is 11.8. The van der Waals surface area contributed by atoms with Crippen LogP contribution >= 0.6 is 0 Å². The van der Waals surface area contributed by atoms with Crippen LogP contribution in [0.25, 0.3) is 10.9 Å². The molecule has 0 atom stereocenters. The van der Waals surface area contributed by atoms with E-state index in [1.807, 2.05) is 0 Å². The largest absolute Gasteiger partial charge is 0.350 e. The minimum atomic E-state index is 0.0323. The van der Waals surface area contributed by atoms with Gasteiger partial charge in [-0.15, -0.1) is 0 Å². The van der Waals surface area contributed by atoms with E-state index in [2.05, 4.69) is 35.4 Å². The molecule has 1 aromatic carbocycles. The van der Waals surface area contributed by atoms with E-state index >= 15 is 0 Å². The molecule has 17 heavy (non-hydrogen) atoms. The van der Waals surface area contributed by atoms with E-state index in [0.717, 1.165) is 37.0 Å². The number of hydrogen-bond donors (Lipinski definition) is 2. The fourth-order valence-electron chi connectivity index (χ4n) is 2.65. The number of amides is 1. The van der Waals surface area contributed by atoms with Crippen molar-refractivity contribution in [2.24, 2.45) is 0 Å². The molecule has 1 aromatic heterocycles. The first kappa shape index (κ1) is 10.4. The van der Waals surface area contributed by atoms with Crippen LogP contribution in [-0.4, -0.2) is 17.4 Å². The Hall–Kier alpha value is -1.77. The molecule has 2 aromatic rings. The van der Waals surface area contributed by atoms with E-state index < -0.39 is 0 Å². The number of fused-ring (bicyclic) bond motifs is 3. The number of rotatable bonds is 2. The second kappa shape index (κ2) is 3.91. The molecule has 1 aliphatic heterocycles. The van der Waals surface area contributed by atoms with Crippen molar-refractivity contribution >= 4 is 16.8 Å². The number of carbonyl (C=O) groups excluding carboxylic acids is 1. The highest BCUT2D eigenvalue weighted by atomic mass is 16.1. The Morgan fingerprint density at radius 1 is 1.35 bits per heavy atom. The third kappa shape index (κ3) is 1.54. The lowest BCUT2D eigenvalue weighted by Crippen LogP contribution is -2.31. The van der Waals surface area contributed by atoms with Gasteiger partial charge in [-0.1, -0.05) is 31.5 Å². The molecule has 0 saturated heterocycles. The standard InChI is InChI=1S/C14H16N2O/c1-2-4-9-5-3-6-10-11-7-8-15-14(17)13(11)16-12(9)10/h3,5-6,16H,2,4,7-8H2,1H3,(H,15,17). The number of benzene rings is 1. The van der Waals surface area contributed by atoms with Crippen LogP contribution in [0.1, 0.15) is 35.0 Å². The number of nitrogens with one attached hydrogen (secondary N) is 2. The molecule has 0 fully saturated rings. The molecule has 88 valence electrons. The topological polar surface area (TPSA) is 44.9 Å². The summed E-state index contributed by atoms with van der Waals surface area (Å²) in [7, 11) is 0. The third-order valence-corrected chi connectivity index (χ3v) is 3.43. The maximum Gasteiger partial charge on any atom is 0.268 e. The number of para-hydroxylation sites is 1. The summed E-state index contributed by atoms with van der Waals surface area (Å²) >= 11 is 0. The lowest BCUT2D eigenvalue weighted by Gasteiger charge is -2.11. The van der Waals surface area contributed by atoms with E-state index in [-0.39, 0.29) is 5.91 Å². The number of carbonyl (C=O) groups is 1. The number of aryl methyl sites for hydroxylation is 1. The predicted octanol–water partition coefficient (Wildman–Crippen LogP) is 2.41. The van der Waals surface area contributed by atoms with Gasteiger partial charge in [0.25, 0.3) is 5.91 Å². The Morgan fingerprint density at radius 3 is 3.06 bits per heavy atom. The Bertz CT molecular complexity index is 583. The zero-order valence-corrected chi connectivity index (χ0v) is 9.97. The zero-order chi connectivity index (χ0) is 11.8. The summed E-state index contributed by atoms with van der Waals surface area (Å²) in [4.78, 5) is 15.1. The average Bonchev–Trinajstić information content (AvgIpc) is 2.71. The molecule has 3 nitrogen and oxygen atoms in total. The molecule has 1 amide bonds. The number of H-pyrrole nitrogens is 1. The number of aromatic amines is 1. The van der Waals surface area contributed by atoms with E-state index in [0.29, 0.717) is 0 Å². The van der Waals surface area contributed by atoms with Crippen molar-refractivity contribution < 1.29 is 4.79 Å². The van der Waals surface area contributed by atoms with Gasteiger partial charge in [0.05, 0.1) is 0 Å². The maximum atomic E-state index is 11.8. The minimum Gasteiger partial charge on any atom is -0.350 e. The summed E-state index contributed by atoms with van der Waals surface area (Å²) in [6.45, 7) is 2.92. The average molecular weight is 228 g/mol. The van der Waals surface area contributed by atoms with Crippen molar-refractivity contribution in [3.05, 3.63) is 35.0 Å². The normalized spacial score (nSPS) is 14.8. The lowest BCUT2D eigenvalue weighted by molar-refractivity contribution is 0.0942. The molecular formula is C14H16N2O. The fraction of sp³-hybridized carbons (Fsp3) is 0.357. The van der Waals surface area contributed by atoms with Crippen molar-refractivity contribution in [1.29, 1.82) is 0 Å². The zero-order valence-electron chi connectivity index (χ0n) is 9.97. The number of hydrogen-bond acceptors (Lipinski definition) is 1. The summed E-state index contributed by atoms with van der Waals surface area (Å²) in [5, 5.41) is 4.10. The predicted molar refractivity (Wildman–Crippen MR) is 68.3 cm³/mol. The molecule has 3 rings (SSSR count). The fourth-order valence-corrected chi connectivity index (χ4v) is 2.65. The SMILES string of the molecule is CCCc1cccc2c3c([nH]c12)C(=O)NCC3. The Kier molecular flexibility index (Phi) is 2.39. The van der Waals surface area contributed by atoms with Gasteiger partial charge in [0, 0.05) is 17.4 Å². The summed E-state index contributed by atoms with van der Waals surface area (Å²) in [6, 6.07) is 6.35. The highest BCUT2D eigenvalue weighted by Crippen LogP contribution is 2.27. The molecule has 3 heteroatoms. The van der Waals surface area contributed by atoms with Crippen molar-refractivity contribution in [3.63, 3.8) is 0 Å². The van der Waals surface area contributed by atoms with Crippen LogP contribution in [0, 0.1) is 0 Å². The van der Waals surface area contributed by atoms with Gasteiger partial charge in [0.15, 0.2) is 0 Å².